The normalized spacial score (nSPS) is 10.3. The third-order valence-corrected chi connectivity index (χ3v) is 3.75. The summed E-state index contributed by atoms with van der Waals surface area (Å²) < 4.78 is 17.8. The van der Waals surface area contributed by atoms with Gasteiger partial charge in [0.15, 0.2) is 6.61 Å². The van der Waals surface area contributed by atoms with Gasteiger partial charge in [-0.1, -0.05) is 29.3 Å². The van der Waals surface area contributed by atoms with Crippen molar-refractivity contribution in [2.45, 2.75) is 6.92 Å². The zero-order valence-electron chi connectivity index (χ0n) is 12.0. The van der Waals surface area contributed by atoms with Crippen LogP contribution in [0.25, 0.3) is 0 Å². The van der Waals surface area contributed by atoms with Crippen molar-refractivity contribution in [3.05, 3.63) is 63.4 Å². The van der Waals surface area contributed by atoms with Crippen LogP contribution in [-0.2, 0) is 9.53 Å². The van der Waals surface area contributed by atoms with Crippen molar-refractivity contribution >= 4 is 40.8 Å². The summed E-state index contributed by atoms with van der Waals surface area (Å²) in [5, 5.41) is 3.02. The maximum Gasteiger partial charge on any atom is 0.340 e. The number of hydrogen-bond acceptors (Lipinski definition) is 3. The van der Waals surface area contributed by atoms with Crippen LogP contribution in [-0.4, -0.2) is 18.5 Å². The first-order valence-corrected chi connectivity index (χ1v) is 7.31. The maximum atomic E-state index is 12.9. The molecule has 0 heterocycles. The number of esters is 1. The molecule has 0 saturated carbocycles. The van der Waals surface area contributed by atoms with E-state index in [4.69, 9.17) is 27.9 Å². The predicted molar refractivity (Wildman–Crippen MR) is 86.5 cm³/mol. The molecule has 2 aromatic carbocycles. The van der Waals surface area contributed by atoms with Crippen LogP contribution in [0.4, 0.5) is 10.1 Å². The Kier molecular flexibility index (Phi) is 5.58. The third-order valence-electron chi connectivity index (χ3n) is 3.03. The molecule has 0 atom stereocenters. The van der Waals surface area contributed by atoms with Gasteiger partial charge in [-0.05, 0) is 42.8 Å². The van der Waals surface area contributed by atoms with Crippen molar-refractivity contribution in [3.8, 4) is 0 Å². The number of nitrogens with one attached hydrogen (secondary N) is 1. The van der Waals surface area contributed by atoms with E-state index in [2.05, 4.69) is 5.32 Å². The second-order valence-corrected chi connectivity index (χ2v) is 5.48. The lowest BCUT2D eigenvalue weighted by Gasteiger charge is -2.10. The first-order chi connectivity index (χ1) is 10.9. The minimum Gasteiger partial charge on any atom is -0.452 e. The summed E-state index contributed by atoms with van der Waals surface area (Å²) in [6.07, 6.45) is 0. The summed E-state index contributed by atoms with van der Waals surface area (Å²) in [4.78, 5) is 23.7. The van der Waals surface area contributed by atoms with Crippen molar-refractivity contribution in [2.75, 3.05) is 11.9 Å². The van der Waals surface area contributed by atoms with Crippen molar-refractivity contribution in [1.82, 2.24) is 0 Å². The summed E-state index contributed by atoms with van der Waals surface area (Å²) in [5.74, 6) is -1.91. The van der Waals surface area contributed by atoms with E-state index in [0.717, 1.165) is 12.1 Å². The van der Waals surface area contributed by atoms with E-state index in [9.17, 15) is 14.0 Å². The molecule has 2 aromatic rings. The Morgan fingerprint density at radius 3 is 2.61 bits per heavy atom. The van der Waals surface area contributed by atoms with Gasteiger partial charge in [0.05, 0.1) is 10.6 Å². The number of carbonyl (C=O) groups is 2. The Balaban J connectivity index is 1.96. The molecule has 0 bridgehead atoms. The molecule has 0 aliphatic heterocycles. The van der Waals surface area contributed by atoms with E-state index in [0.29, 0.717) is 16.3 Å². The average molecular weight is 356 g/mol. The fraction of sp³-hybridized carbons (Fsp3) is 0.125. The fourth-order valence-electron chi connectivity index (χ4n) is 1.79. The zero-order chi connectivity index (χ0) is 17.0. The standard InChI is InChI=1S/C16H12Cl2FNO3/c1-9-12(17)3-2-4-14(9)20-15(21)8-23-16(22)11-6-5-10(19)7-13(11)18/h2-7H,8H2,1H3,(H,20,21). The fourth-order valence-corrected chi connectivity index (χ4v) is 2.21. The average Bonchev–Trinajstić information content (AvgIpc) is 2.49. The minimum absolute atomic E-state index is 0.0141. The number of ether oxygens (including phenoxy) is 1. The lowest BCUT2D eigenvalue weighted by molar-refractivity contribution is -0.119. The van der Waals surface area contributed by atoms with E-state index in [1.54, 1.807) is 25.1 Å². The lowest BCUT2D eigenvalue weighted by Crippen LogP contribution is -2.21. The molecule has 1 amide bonds. The van der Waals surface area contributed by atoms with E-state index < -0.39 is 24.3 Å². The summed E-state index contributed by atoms with van der Waals surface area (Å²) in [5.41, 5.74) is 1.22. The van der Waals surface area contributed by atoms with E-state index in [1.807, 2.05) is 0 Å². The molecule has 23 heavy (non-hydrogen) atoms. The molecular formula is C16H12Cl2FNO3. The van der Waals surface area contributed by atoms with Crippen molar-refractivity contribution in [1.29, 1.82) is 0 Å². The Hall–Kier alpha value is -2.11. The van der Waals surface area contributed by atoms with Crippen LogP contribution in [0.2, 0.25) is 10.0 Å². The predicted octanol–water partition coefficient (Wildman–Crippen LogP) is 4.24. The highest BCUT2D eigenvalue weighted by Gasteiger charge is 2.15. The minimum atomic E-state index is -0.812. The van der Waals surface area contributed by atoms with Crippen molar-refractivity contribution in [3.63, 3.8) is 0 Å². The molecule has 0 spiro atoms. The number of anilines is 1. The first kappa shape index (κ1) is 17.2. The molecule has 0 radical (unpaired) electrons. The third kappa shape index (κ3) is 4.43. The SMILES string of the molecule is Cc1c(Cl)cccc1NC(=O)COC(=O)c1ccc(F)cc1Cl. The molecule has 0 aromatic heterocycles. The number of hydrogen-bond donors (Lipinski definition) is 1. The van der Waals surface area contributed by atoms with Gasteiger partial charge in [0, 0.05) is 10.7 Å². The van der Waals surface area contributed by atoms with Gasteiger partial charge >= 0.3 is 5.97 Å². The molecule has 120 valence electrons. The summed E-state index contributed by atoms with van der Waals surface area (Å²) >= 11 is 11.7. The van der Waals surface area contributed by atoms with E-state index in [-0.39, 0.29) is 10.6 Å². The van der Waals surface area contributed by atoms with Crippen LogP contribution in [0.3, 0.4) is 0 Å². The molecule has 0 saturated heterocycles. The Morgan fingerprint density at radius 2 is 1.91 bits per heavy atom. The van der Waals surface area contributed by atoms with Crippen LogP contribution in [0.1, 0.15) is 15.9 Å². The molecule has 1 N–H and O–H groups in total. The van der Waals surface area contributed by atoms with Crippen LogP contribution >= 0.6 is 23.2 Å². The molecule has 0 aliphatic rings. The number of amides is 1. The van der Waals surface area contributed by atoms with Gasteiger partial charge in [-0.15, -0.1) is 0 Å². The second-order valence-electron chi connectivity index (χ2n) is 4.66. The van der Waals surface area contributed by atoms with Crippen LogP contribution in [0.15, 0.2) is 36.4 Å². The summed E-state index contributed by atoms with van der Waals surface area (Å²) in [7, 11) is 0. The quantitative estimate of drug-likeness (QED) is 0.834. The molecule has 0 fully saturated rings. The zero-order valence-corrected chi connectivity index (χ0v) is 13.5. The van der Waals surface area contributed by atoms with Gasteiger partial charge in [0.25, 0.3) is 5.91 Å². The number of carbonyl (C=O) groups excluding carboxylic acids is 2. The van der Waals surface area contributed by atoms with Gasteiger partial charge in [0.2, 0.25) is 0 Å². The molecule has 0 aliphatic carbocycles. The Morgan fingerprint density at radius 1 is 1.17 bits per heavy atom. The largest absolute Gasteiger partial charge is 0.452 e. The van der Waals surface area contributed by atoms with E-state index >= 15 is 0 Å². The van der Waals surface area contributed by atoms with Crippen LogP contribution in [0, 0.1) is 12.7 Å². The Labute approximate surface area is 142 Å². The molecule has 7 heteroatoms. The second kappa shape index (κ2) is 7.44. The van der Waals surface area contributed by atoms with Crippen LogP contribution < -0.4 is 5.32 Å². The van der Waals surface area contributed by atoms with Crippen molar-refractivity contribution < 1.29 is 18.7 Å². The van der Waals surface area contributed by atoms with Gasteiger partial charge in [-0.2, -0.15) is 0 Å². The van der Waals surface area contributed by atoms with Gasteiger partial charge in [0.1, 0.15) is 5.82 Å². The monoisotopic (exact) mass is 355 g/mol. The molecule has 4 nitrogen and oxygen atoms in total. The number of halogens is 3. The maximum absolute atomic E-state index is 12.9. The lowest BCUT2D eigenvalue weighted by atomic mass is 10.2. The highest BCUT2D eigenvalue weighted by atomic mass is 35.5. The van der Waals surface area contributed by atoms with Gasteiger partial charge < -0.3 is 10.1 Å². The Bertz CT molecular complexity index is 765. The highest BCUT2D eigenvalue weighted by molar-refractivity contribution is 6.33. The highest BCUT2D eigenvalue weighted by Crippen LogP contribution is 2.23. The topological polar surface area (TPSA) is 55.4 Å². The molecular weight excluding hydrogens is 344 g/mol. The number of benzene rings is 2. The molecule has 2 rings (SSSR count). The van der Waals surface area contributed by atoms with Gasteiger partial charge in [-0.3, -0.25) is 4.79 Å². The summed E-state index contributed by atoms with van der Waals surface area (Å²) in [6.45, 7) is 1.25. The smallest absolute Gasteiger partial charge is 0.340 e. The summed E-state index contributed by atoms with van der Waals surface area (Å²) in [6, 6.07) is 8.33. The van der Waals surface area contributed by atoms with Crippen LogP contribution in [0.5, 0.6) is 0 Å². The number of rotatable bonds is 4. The van der Waals surface area contributed by atoms with Gasteiger partial charge in [-0.25, -0.2) is 9.18 Å². The van der Waals surface area contributed by atoms with E-state index in [1.165, 1.54) is 6.07 Å². The van der Waals surface area contributed by atoms with Crippen molar-refractivity contribution in [2.24, 2.45) is 0 Å². The molecule has 0 unspecified atom stereocenters. The first-order valence-electron chi connectivity index (χ1n) is 6.55.